The van der Waals surface area contributed by atoms with Crippen LogP contribution in [0.3, 0.4) is 0 Å². The van der Waals surface area contributed by atoms with Crippen molar-refractivity contribution in [1.82, 2.24) is 4.90 Å². The first-order chi connectivity index (χ1) is 9.38. The van der Waals surface area contributed by atoms with Gasteiger partial charge in [-0.05, 0) is 12.1 Å². The third kappa shape index (κ3) is 3.08. The largest absolute Gasteiger partial charge is 0.507 e. The number of phenolic OH excluding ortho intramolecular Hbond substituents is 1. The Morgan fingerprint density at radius 2 is 2.10 bits per heavy atom. The lowest BCUT2D eigenvalue weighted by atomic mass is 10.1. The van der Waals surface area contributed by atoms with Gasteiger partial charge in [0.15, 0.2) is 0 Å². The Morgan fingerprint density at radius 1 is 1.40 bits per heavy atom. The van der Waals surface area contributed by atoms with Gasteiger partial charge in [-0.3, -0.25) is 4.79 Å². The fourth-order valence-electron chi connectivity index (χ4n) is 1.70. The van der Waals surface area contributed by atoms with Gasteiger partial charge in [-0.25, -0.2) is 8.78 Å². The van der Waals surface area contributed by atoms with Gasteiger partial charge in [-0.2, -0.15) is 0 Å². The van der Waals surface area contributed by atoms with Gasteiger partial charge < -0.3 is 10.0 Å². The third-order valence-corrected chi connectivity index (χ3v) is 3.83. The fourth-order valence-corrected chi connectivity index (χ4v) is 2.85. The summed E-state index contributed by atoms with van der Waals surface area (Å²) >= 11 is 7.08. The molecule has 0 saturated carbocycles. The molecule has 0 aliphatic carbocycles. The van der Waals surface area contributed by atoms with Gasteiger partial charge in [0.25, 0.3) is 5.91 Å². The molecule has 3 nitrogen and oxygen atoms in total. The van der Waals surface area contributed by atoms with E-state index in [1.807, 2.05) is 0 Å². The number of nitrogens with zero attached hydrogens (tertiary/aromatic N) is 1. The number of hydrogen-bond acceptors (Lipinski definition) is 3. The Balaban J connectivity index is 2.23. The van der Waals surface area contributed by atoms with E-state index in [2.05, 4.69) is 0 Å². The number of thiophene rings is 1. The number of carbonyl (C=O) groups excluding carboxylic acids is 1. The molecule has 106 valence electrons. The first-order valence-electron chi connectivity index (χ1n) is 5.56. The lowest BCUT2D eigenvalue weighted by Crippen LogP contribution is -2.26. The normalized spacial score (nSPS) is 10.6. The fraction of sp³-hybridized carbons (Fsp3) is 0.154. The minimum absolute atomic E-state index is 0.215. The minimum Gasteiger partial charge on any atom is -0.507 e. The number of halogens is 3. The molecule has 1 N–H and O–H groups in total. The quantitative estimate of drug-likeness (QED) is 0.938. The average Bonchev–Trinajstić information content (AvgIpc) is 2.73. The first kappa shape index (κ1) is 14.7. The van der Waals surface area contributed by atoms with E-state index in [-0.39, 0.29) is 6.54 Å². The summed E-state index contributed by atoms with van der Waals surface area (Å²) in [5, 5.41) is 9.52. The van der Waals surface area contributed by atoms with E-state index in [0.717, 1.165) is 4.88 Å². The Bertz CT molecular complexity index is 637. The van der Waals surface area contributed by atoms with Gasteiger partial charge in [0, 0.05) is 24.1 Å². The van der Waals surface area contributed by atoms with Crippen molar-refractivity contribution in [3.8, 4) is 5.75 Å². The molecule has 0 atom stereocenters. The van der Waals surface area contributed by atoms with Crippen molar-refractivity contribution in [2.24, 2.45) is 0 Å². The van der Waals surface area contributed by atoms with Crippen LogP contribution in [0.2, 0.25) is 4.34 Å². The molecule has 0 spiro atoms. The number of aromatic hydroxyl groups is 1. The average molecular weight is 318 g/mol. The standard InChI is InChI=1S/C13H10ClF2NO2S/c1-17(6-8-2-3-11(14)20-8)13(19)12-9(16)4-7(15)5-10(12)18/h2-5,18H,6H2,1H3. The number of amides is 1. The van der Waals surface area contributed by atoms with Crippen molar-refractivity contribution >= 4 is 28.8 Å². The molecule has 2 aromatic rings. The lowest BCUT2D eigenvalue weighted by molar-refractivity contribution is 0.0778. The Kier molecular flexibility index (Phi) is 4.25. The predicted octanol–water partition coefficient (Wildman–Crippen LogP) is 3.66. The minimum atomic E-state index is -1.09. The number of phenols is 1. The van der Waals surface area contributed by atoms with Crippen LogP contribution in [0.5, 0.6) is 5.75 Å². The van der Waals surface area contributed by atoms with Crippen LogP contribution in [0.1, 0.15) is 15.2 Å². The Morgan fingerprint density at radius 3 is 2.65 bits per heavy atom. The highest BCUT2D eigenvalue weighted by molar-refractivity contribution is 7.16. The Hall–Kier alpha value is -1.66. The van der Waals surface area contributed by atoms with E-state index in [0.29, 0.717) is 16.5 Å². The molecule has 0 aliphatic heterocycles. The summed E-state index contributed by atoms with van der Waals surface area (Å²) in [6.07, 6.45) is 0. The van der Waals surface area contributed by atoms with Gasteiger partial charge in [-0.1, -0.05) is 11.6 Å². The van der Waals surface area contributed by atoms with Crippen LogP contribution in [0.25, 0.3) is 0 Å². The summed E-state index contributed by atoms with van der Waals surface area (Å²) in [5.74, 6) is -3.49. The molecule has 1 aromatic carbocycles. The molecule has 0 radical (unpaired) electrons. The number of rotatable bonds is 3. The highest BCUT2D eigenvalue weighted by Crippen LogP contribution is 2.26. The van der Waals surface area contributed by atoms with Gasteiger partial charge in [-0.15, -0.1) is 11.3 Å². The van der Waals surface area contributed by atoms with E-state index in [4.69, 9.17) is 11.6 Å². The molecule has 0 unspecified atom stereocenters. The molecule has 2 rings (SSSR count). The van der Waals surface area contributed by atoms with Crippen LogP contribution in [0.15, 0.2) is 24.3 Å². The third-order valence-electron chi connectivity index (χ3n) is 2.62. The smallest absolute Gasteiger partial charge is 0.260 e. The molecule has 1 amide bonds. The zero-order valence-electron chi connectivity index (χ0n) is 10.4. The highest BCUT2D eigenvalue weighted by atomic mass is 35.5. The predicted molar refractivity (Wildman–Crippen MR) is 73.1 cm³/mol. The van der Waals surface area contributed by atoms with Crippen LogP contribution in [0.4, 0.5) is 8.78 Å². The van der Waals surface area contributed by atoms with Crippen molar-refractivity contribution < 1.29 is 18.7 Å². The van der Waals surface area contributed by atoms with Crippen molar-refractivity contribution in [2.75, 3.05) is 7.05 Å². The monoisotopic (exact) mass is 317 g/mol. The summed E-state index contributed by atoms with van der Waals surface area (Å²) in [6.45, 7) is 0.215. The van der Waals surface area contributed by atoms with Crippen molar-refractivity contribution in [3.05, 3.63) is 50.7 Å². The molecule has 0 fully saturated rings. The molecule has 20 heavy (non-hydrogen) atoms. The second-order valence-corrected chi connectivity index (χ2v) is 5.95. The number of carbonyl (C=O) groups is 1. The number of hydrogen-bond donors (Lipinski definition) is 1. The lowest BCUT2D eigenvalue weighted by Gasteiger charge is -2.17. The van der Waals surface area contributed by atoms with Gasteiger partial charge in [0.2, 0.25) is 0 Å². The molecular formula is C13H10ClF2NO2S. The van der Waals surface area contributed by atoms with Crippen molar-refractivity contribution in [3.63, 3.8) is 0 Å². The van der Waals surface area contributed by atoms with E-state index in [9.17, 15) is 18.7 Å². The zero-order valence-corrected chi connectivity index (χ0v) is 11.9. The topological polar surface area (TPSA) is 40.5 Å². The van der Waals surface area contributed by atoms with Crippen LogP contribution in [-0.4, -0.2) is 23.0 Å². The maximum absolute atomic E-state index is 13.6. The van der Waals surface area contributed by atoms with Gasteiger partial charge in [0.1, 0.15) is 22.9 Å². The van der Waals surface area contributed by atoms with Crippen molar-refractivity contribution in [1.29, 1.82) is 0 Å². The Labute approximate surface area is 123 Å². The van der Waals surface area contributed by atoms with Gasteiger partial charge in [0.05, 0.1) is 10.9 Å². The maximum Gasteiger partial charge on any atom is 0.260 e. The second kappa shape index (κ2) is 5.76. The molecule has 0 aliphatic rings. The highest BCUT2D eigenvalue weighted by Gasteiger charge is 2.22. The van der Waals surface area contributed by atoms with Crippen LogP contribution < -0.4 is 0 Å². The van der Waals surface area contributed by atoms with Crippen molar-refractivity contribution in [2.45, 2.75) is 6.54 Å². The molecule has 1 aromatic heterocycles. The molecule has 7 heteroatoms. The molecule has 0 bridgehead atoms. The summed E-state index contributed by atoms with van der Waals surface area (Å²) in [4.78, 5) is 14.1. The van der Waals surface area contributed by atoms with E-state index < -0.39 is 28.9 Å². The number of benzene rings is 1. The summed E-state index contributed by atoms with van der Waals surface area (Å²) < 4.78 is 27.1. The molecule has 1 heterocycles. The first-order valence-corrected chi connectivity index (χ1v) is 6.75. The van der Waals surface area contributed by atoms with Gasteiger partial charge >= 0.3 is 0 Å². The summed E-state index contributed by atoms with van der Waals surface area (Å²) in [7, 11) is 1.46. The van der Waals surface area contributed by atoms with E-state index >= 15 is 0 Å². The van der Waals surface area contributed by atoms with Crippen LogP contribution >= 0.6 is 22.9 Å². The maximum atomic E-state index is 13.6. The second-order valence-electron chi connectivity index (χ2n) is 4.15. The zero-order chi connectivity index (χ0) is 14.9. The van der Waals surface area contributed by atoms with E-state index in [1.54, 1.807) is 12.1 Å². The van der Waals surface area contributed by atoms with E-state index in [1.165, 1.54) is 23.3 Å². The van der Waals surface area contributed by atoms with Crippen LogP contribution in [-0.2, 0) is 6.54 Å². The molecule has 0 saturated heterocycles. The van der Waals surface area contributed by atoms with Crippen LogP contribution in [0, 0.1) is 11.6 Å². The summed E-state index contributed by atoms with van der Waals surface area (Å²) in [6, 6.07) is 4.70. The summed E-state index contributed by atoms with van der Waals surface area (Å²) in [5.41, 5.74) is -0.545. The SMILES string of the molecule is CN(Cc1ccc(Cl)s1)C(=O)c1c(O)cc(F)cc1F. The molecular weight excluding hydrogens is 308 g/mol.